The van der Waals surface area contributed by atoms with Crippen molar-refractivity contribution in [3.63, 3.8) is 0 Å². The number of amides is 1. The highest BCUT2D eigenvalue weighted by atomic mass is 32.2. The van der Waals surface area contributed by atoms with Crippen LogP contribution in [0.25, 0.3) is 0 Å². The maximum atomic E-state index is 11.7. The van der Waals surface area contributed by atoms with E-state index >= 15 is 0 Å². The fraction of sp³-hybridized carbons (Fsp3) is 0.400. The second-order valence-electron chi connectivity index (χ2n) is 3.66. The molecule has 1 unspecified atom stereocenters. The van der Waals surface area contributed by atoms with E-state index in [-0.39, 0.29) is 17.9 Å². The molecule has 0 radical (unpaired) electrons. The zero-order valence-corrected chi connectivity index (χ0v) is 10.9. The van der Waals surface area contributed by atoms with Crippen LogP contribution in [0.2, 0.25) is 0 Å². The molecular weight excluding hydrogens is 274 g/mol. The van der Waals surface area contributed by atoms with E-state index in [4.69, 9.17) is 5.11 Å². The molecule has 0 aromatic carbocycles. The fourth-order valence-electron chi connectivity index (χ4n) is 1.35. The van der Waals surface area contributed by atoms with Gasteiger partial charge < -0.3 is 20.5 Å². The van der Waals surface area contributed by atoms with E-state index < -0.39 is 22.8 Å². The average Bonchev–Trinajstić information content (AvgIpc) is 2.83. The molecule has 3 N–H and O–H groups in total. The Kier molecular flexibility index (Phi) is 5.37. The summed E-state index contributed by atoms with van der Waals surface area (Å²) in [5, 5.41) is 21.7. The van der Waals surface area contributed by atoms with Gasteiger partial charge in [0.1, 0.15) is 6.04 Å². The maximum absolute atomic E-state index is 11.7. The second kappa shape index (κ2) is 6.78. The molecular formula is C10H13N3O5S. The molecule has 0 aliphatic rings. The van der Waals surface area contributed by atoms with Crippen LogP contribution >= 0.6 is 11.8 Å². The Morgan fingerprint density at radius 3 is 2.74 bits per heavy atom. The molecule has 1 aromatic heterocycles. The minimum Gasteiger partial charge on any atom is -0.480 e. The maximum Gasteiger partial charge on any atom is 0.326 e. The average molecular weight is 287 g/mol. The van der Waals surface area contributed by atoms with Crippen molar-refractivity contribution in [3.8, 4) is 0 Å². The zero-order chi connectivity index (χ0) is 14.4. The van der Waals surface area contributed by atoms with Crippen molar-refractivity contribution in [1.29, 1.82) is 0 Å². The number of nitro groups is 1. The summed E-state index contributed by atoms with van der Waals surface area (Å²) in [6.45, 7) is 0. The number of aliphatic carboxylic acids is 1. The summed E-state index contributed by atoms with van der Waals surface area (Å²) in [6, 6.07) is 1.37. The molecule has 9 heteroatoms. The van der Waals surface area contributed by atoms with Crippen LogP contribution in [0.4, 0.5) is 5.82 Å². The minimum absolute atomic E-state index is 0.0397. The first-order chi connectivity index (χ1) is 8.95. The molecule has 1 atom stereocenters. The van der Waals surface area contributed by atoms with Gasteiger partial charge in [-0.05, 0) is 29.4 Å². The standard InChI is InChI=1S/C10H13N3O5S/c1-19-5-4-7(10(15)16)12-9(14)6-2-3-8(11-6)13(17)18/h2-3,7,11H,4-5H2,1H3,(H,12,14)(H,15,16). The number of carbonyl (C=O) groups is 2. The highest BCUT2D eigenvalue weighted by Gasteiger charge is 2.23. The molecule has 0 spiro atoms. The van der Waals surface area contributed by atoms with Gasteiger partial charge in [-0.15, -0.1) is 0 Å². The number of carboxylic acid groups (broad SMARTS) is 1. The quantitative estimate of drug-likeness (QED) is 0.504. The van der Waals surface area contributed by atoms with Crippen LogP contribution in [0, 0.1) is 10.1 Å². The Bertz CT molecular complexity index is 487. The molecule has 1 heterocycles. The second-order valence-corrected chi connectivity index (χ2v) is 4.65. The van der Waals surface area contributed by atoms with Crippen molar-refractivity contribution in [3.05, 3.63) is 27.9 Å². The first kappa shape index (κ1) is 15.0. The largest absolute Gasteiger partial charge is 0.480 e. The van der Waals surface area contributed by atoms with Crippen LogP contribution in [0.5, 0.6) is 0 Å². The highest BCUT2D eigenvalue weighted by Crippen LogP contribution is 2.10. The molecule has 0 bridgehead atoms. The Morgan fingerprint density at radius 2 is 2.26 bits per heavy atom. The molecule has 0 saturated heterocycles. The van der Waals surface area contributed by atoms with Gasteiger partial charge in [-0.3, -0.25) is 4.79 Å². The third-order valence-electron chi connectivity index (χ3n) is 2.33. The van der Waals surface area contributed by atoms with Gasteiger partial charge in [0.05, 0.1) is 0 Å². The van der Waals surface area contributed by atoms with Crippen LogP contribution < -0.4 is 5.32 Å². The van der Waals surface area contributed by atoms with E-state index in [1.165, 1.54) is 17.8 Å². The monoisotopic (exact) mass is 287 g/mol. The summed E-state index contributed by atoms with van der Waals surface area (Å²) in [7, 11) is 0. The summed E-state index contributed by atoms with van der Waals surface area (Å²) >= 11 is 1.47. The molecule has 104 valence electrons. The summed E-state index contributed by atoms with van der Waals surface area (Å²) in [5.74, 6) is -1.55. The third kappa shape index (κ3) is 4.28. The SMILES string of the molecule is CSCCC(NC(=O)c1ccc([N+](=O)[O-])[nH]1)C(=O)O. The molecule has 1 amide bonds. The first-order valence-corrected chi connectivity index (χ1v) is 6.71. The lowest BCUT2D eigenvalue weighted by atomic mass is 10.2. The number of nitrogens with zero attached hydrogens (tertiary/aromatic N) is 1. The Hall–Kier alpha value is -2.03. The number of hydrogen-bond donors (Lipinski definition) is 3. The Morgan fingerprint density at radius 1 is 1.58 bits per heavy atom. The van der Waals surface area contributed by atoms with Gasteiger partial charge in [0.25, 0.3) is 5.91 Å². The summed E-state index contributed by atoms with van der Waals surface area (Å²) in [4.78, 5) is 34.8. The first-order valence-electron chi connectivity index (χ1n) is 5.31. The van der Waals surface area contributed by atoms with Crippen LogP contribution in [0.3, 0.4) is 0 Å². The predicted octanol–water partition coefficient (Wildman–Crippen LogP) is 0.859. The van der Waals surface area contributed by atoms with Crippen LogP contribution in [0.15, 0.2) is 12.1 Å². The van der Waals surface area contributed by atoms with E-state index in [1.54, 1.807) is 0 Å². The number of rotatable bonds is 7. The number of carbonyl (C=O) groups excluding carboxylic acids is 1. The van der Waals surface area contributed by atoms with Crippen molar-refractivity contribution in [2.75, 3.05) is 12.0 Å². The minimum atomic E-state index is -1.14. The number of carboxylic acids is 1. The van der Waals surface area contributed by atoms with Crippen molar-refractivity contribution in [2.24, 2.45) is 0 Å². The number of aromatic amines is 1. The van der Waals surface area contributed by atoms with Crippen LogP contribution in [0.1, 0.15) is 16.9 Å². The zero-order valence-electron chi connectivity index (χ0n) is 10.1. The lowest BCUT2D eigenvalue weighted by molar-refractivity contribution is -0.389. The van der Waals surface area contributed by atoms with Gasteiger partial charge in [-0.2, -0.15) is 11.8 Å². The number of hydrogen-bond acceptors (Lipinski definition) is 5. The topological polar surface area (TPSA) is 125 Å². The van der Waals surface area contributed by atoms with Crippen molar-refractivity contribution in [2.45, 2.75) is 12.5 Å². The molecule has 19 heavy (non-hydrogen) atoms. The summed E-state index contributed by atoms with van der Waals surface area (Å²) in [6.07, 6.45) is 2.11. The molecule has 0 aliphatic heterocycles. The number of nitrogens with one attached hydrogen (secondary N) is 2. The molecule has 8 nitrogen and oxygen atoms in total. The molecule has 1 rings (SSSR count). The molecule has 0 fully saturated rings. The van der Waals surface area contributed by atoms with E-state index in [2.05, 4.69) is 10.3 Å². The van der Waals surface area contributed by atoms with E-state index in [0.29, 0.717) is 5.75 Å². The summed E-state index contributed by atoms with van der Waals surface area (Å²) in [5.41, 5.74) is -0.0397. The van der Waals surface area contributed by atoms with Gasteiger partial charge in [0, 0.05) is 6.07 Å². The number of H-pyrrole nitrogens is 1. The summed E-state index contributed by atoms with van der Waals surface area (Å²) < 4.78 is 0. The van der Waals surface area contributed by atoms with E-state index in [9.17, 15) is 19.7 Å². The highest BCUT2D eigenvalue weighted by molar-refractivity contribution is 7.98. The number of aromatic nitrogens is 1. The predicted molar refractivity (Wildman–Crippen MR) is 69.3 cm³/mol. The Balaban J connectivity index is 2.70. The Labute approximate surface area is 112 Å². The van der Waals surface area contributed by atoms with Crippen molar-refractivity contribution < 1.29 is 19.6 Å². The molecule has 1 aromatic rings. The van der Waals surface area contributed by atoms with Gasteiger partial charge in [0.15, 0.2) is 5.69 Å². The molecule has 0 saturated carbocycles. The smallest absolute Gasteiger partial charge is 0.326 e. The van der Waals surface area contributed by atoms with E-state index in [1.807, 2.05) is 6.26 Å². The van der Waals surface area contributed by atoms with Crippen LogP contribution in [-0.2, 0) is 4.79 Å². The van der Waals surface area contributed by atoms with Gasteiger partial charge in [0.2, 0.25) is 0 Å². The van der Waals surface area contributed by atoms with Gasteiger partial charge >= 0.3 is 11.8 Å². The fourth-order valence-corrected chi connectivity index (χ4v) is 1.82. The van der Waals surface area contributed by atoms with E-state index in [0.717, 1.165) is 6.07 Å². The van der Waals surface area contributed by atoms with Crippen LogP contribution in [-0.4, -0.2) is 44.9 Å². The number of thioether (sulfide) groups is 1. The van der Waals surface area contributed by atoms with Crippen molar-refractivity contribution >= 4 is 29.5 Å². The lowest BCUT2D eigenvalue weighted by Gasteiger charge is -2.12. The van der Waals surface area contributed by atoms with Crippen molar-refractivity contribution in [1.82, 2.24) is 10.3 Å². The molecule has 0 aliphatic carbocycles. The third-order valence-corrected chi connectivity index (χ3v) is 2.97. The van der Waals surface area contributed by atoms with Gasteiger partial charge in [-0.25, -0.2) is 9.78 Å². The van der Waals surface area contributed by atoms with Gasteiger partial charge in [-0.1, -0.05) is 0 Å². The lowest BCUT2D eigenvalue weighted by Crippen LogP contribution is -2.41. The normalized spacial score (nSPS) is 11.8.